The van der Waals surface area contributed by atoms with Gasteiger partial charge in [0.15, 0.2) is 11.5 Å². The standard InChI is InChI=1S/C11H10N6O/c1-6-8-15-10(12)16-11(18)17(8)9(14-6)7-4-2-3-5-13-7/h2-5H,1H3,(H3,12,15,16,18). The minimum absolute atomic E-state index is 0.0723. The number of nitrogens with one attached hydrogen (secondary N) is 1. The van der Waals surface area contributed by atoms with Gasteiger partial charge in [-0.15, -0.1) is 0 Å². The van der Waals surface area contributed by atoms with Gasteiger partial charge < -0.3 is 5.73 Å². The summed E-state index contributed by atoms with van der Waals surface area (Å²) >= 11 is 0. The van der Waals surface area contributed by atoms with E-state index in [-0.39, 0.29) is 11.6 Å². The van der Waals surface area contributed by atoms with Gasteiger partial charge in [-0.25, -0.2) is 14.2 Å². The molecule has 3 rings (SSSR count). The SMILES string of the molecule is Cc1nc(-c2ccccn2)n2c(=O)[nH]c(N)nc12. The average molecular weight is 242 g/mol. The van der Waals surface area contributed by atoms with Crippen LogP contribution in [0.5, 0.6) is 0 Å². The topological polar surface area (TPSA) is 102 Å². The minimum atomic E-state index is -0.376. The van der Waals surface area contributed by atoms with Crippen LogP contribution < -0.4 is 11.4 Å². The number of hydrogen-bond acceptors (Lipinski definition) is 5. The monoisotopic (exact) mass is 242 g/mol. The largest absolute Gasteiger partial charge is 0.369 e. The van der Waals surface area contributed by atoms with Crippen molar-refractivity contribution in [2.24, 2.45) is 0 Å². The number of nitrogens with zero attached hydrogens (tertiary/aromatic N) is 4. The van der Waals surface area contributed by atoms with E-state index in [1.807, 2.05) is 6.07 Å². The molecule has 0 spiro atoms. The number of fused-ring (bicyclic) bond motifs is 1. The molecular formula is C11H10N6O. The molecule has 7 nitrogen and oxygen atoms in total. The smallest absolute Gasteiger partial charge is 0.335 e. The zero-order valence-corrected chi connectivity index (χ0v) is 9.58. The zero-order valence-electron chi connectivity index (χ0n) is 9.58. The average Bonchev–Trinajstić information content (AvgIpc) is 2.68. The molecule has 0 saturated heterocycles. The lowest BCUT2D eigenvalue weighted by Crippen LogP contribution is -2.20. The van der Waals surface area contributed by atoms with Crippen molar-refractivity contribution in [3.05, 3.63) is 40.6 Å². The van der Waals surface area contributed by atoms with E-state index >= 15 is 0 Å². The molecule has 0 saturated carbocycles. The summed E-state index contributed by atoms with van der Waals surface area (Å²) in [4.78, 5) is 27.0. The predicted octanol–water partition coefficient (Wildman–Crippen LogP) is 0.370. The van der Waals surface area contributed by atoms with Gasteiger partial charge in [0.1, 0.15) is 5.69 Å². The highest BCUT2D eigenvalue weighted by Gasteiger charge is 2.14. The van der Waals surface area contributed by atoms with Crippen molar-refractivity contribution >= 4 is 11.6 Å². The molecule has 90 valence electrons. The maximum atomic E-state index is 11.9. The van der Waals surface area contributed by atoms with Crippen LogP contribution in [-0.2, 0) is 0 Å². The molecule has 18 heavy (non-hydrogen) atoms. The van der Waals surface area contributed by atoms with Crippen LogP contribution in [0.4, 0.5) is 5.95 Å². The number of hydrogen-bond donors (Lipinski definition) is 2. The summed E-state index contributed by atoms with van der Waals surface area (Å²) in [5.41, 5.74) is 6.83. The Kier molecular flexibility index (Phi) is 2.12. The predicted molar refractivity (Wildman–Crippen MR) is 66.0 cm³/mol. The summed E-state index contributed by atoms with van der Waals surface area (Å²) in [6.45, 7) is 1.77. The van der Waals surface area contributed by atoms with E-state index in [0.29, 0.717) is 22.9 Å². The second-order valence-corrected chi connectivity index (χ2v) is 3.82. The number of nitrogens with two attached hydrogens (primary N) is 1. The number of pyridine rings is 1. The Morgan fingerprint density at radius 3 is 2.89 bits per heavy atom. The molecule has 0 aliphatic carbocycles. The van der Waals surface area contributed by atoms with Crippen molar-refractivity contribution in [3.8, 4) is 11.5 Å². The van der Waals surface area contributed by atoms with Gasteiger partial charge in [-0.3, -0.25) is 9.97 Å². The van der Waals surface area contributed by atoms with Crippen molar-refractivity contribution in [2.45, 2.75) is 6.92 Å². The van der Waals surface area contributed by atoms with Crippen LogP contribution in [0, 0.1) is 6.92 Å². The van der Waals surface area contributed by atoms with Crippen LogP contribution in [-0.4, -0.2) is 24.3 Å². The molecular weight excluding hydrogens is 232 g/mol. The van der Waals surface area contributed by atoms with Gasteiger partial charge in [0.25, 0.3) is 0 Å². The summed E-state index contributed by atoms with van der Waals surface area (Å²) in [7, 11) is 0. The third-order valence-electron chi connectivity index (χ3n) is 2.58. The normalized spacial score (nSPS) is 10.9. The maximum absolute atomic E-state index is 11.9. The summed E-state index contributed by atoms with van der Waals surface area (Å²) in [6.07, 6.45) is 1.64. The summed E-state index contributed by atoms with van der Waals surface area (Å²) < 4.78 is 1.37. The second-order valence-electron chi connectivity index (χ2n) is 3.82. The van der Waals surface area contributed by atoms with E-state index in [2.05, 4.69) is 19.9 Å². The number of aryl methyl sites for hydroxylation is 1. The molecule has 0 aliphatic rings. The summed E-state index contributed by atoms with van der Waals surface area (Å²) in [5.74, 6) is 0.528. The fourth-order valence-electron chi connectivity index (χ4n) is 1.82. The first kappa shape index (κ1) is 10.5. The van der Waals surface area contributed by atoms with Crippen LogP contribution in [0.15, 0.2) is 29.2 Å². The fourth-order valence-corrected chi connectivity index (χ4v) is 1.82. The van der Waals surface area contributed by atoms with E-state index in [1.165, 1.54) is 4.40 Å². The molecule has 0 aliphatic heterocycles. The molecule has 0 unspecified atom stereocenters. The number of rotatable bonds is 1. The van der Waals surface area contributed by atoms with Crippen molar-refractivity contribution in [1.29, 1.82) is 0 Å². The van der Waals surface area contributed by atoms with Crippen LogP contribution in [0.1, 0.15) is 5.69 Å². The molecule has 3 aromatic heterocycles. The molecule has 3 N–H and O–H groups in total. The van der Waals surface area contributed by atoms with Crippen LogP contribution in [0.3, 0.4) is 0 Å². The fraction of sp³-hybridized carbons (Fsp3) is 0.0909. The van der Waals surface area contributed by atoms with Gasteiger partial charge >= 0.3 is 5.69 Å². The third kappa shape index (κ3) is 1.45. The molecule has 0 amide bonds. The van der Waals surface area contributed by atoms with E-state index in [4.69, 9.17) is 5.73 Å². The van der Waals surface area contributed by atoms with Crippen molar-refractivity contribution in [2.75, 3.05) is 5.73 Å². The number of aromatic nitrogens is 5. The van der Waals surface area contributed by atoms with Crippen molar-refractivity contribution in [3.63, 3.8) is 0 Å². The van der Waals surface area contributed by atoms with Gasteiger partial charge in [-0.1, -0.05) is 6.07 Å². The second kappa shape index (κ2) is 3.66. The molecule has 0 fully saturated rings. The highest BCUT2D eigenvalue weighted by molar-refractivity contribution is 5.59. The molecule has 0 bridgehead atoms. The molecule has 3 aromatic rings. The maximum Gasteiger partial charge on any atom is 0.335 e. The Labute approximate surface area is 101 Å². The van der Waals surface area contributed by atoms with Gasteiger partial charge in [0, 0.05) is 6.20 Å². The lowest BCUT2D eigenvalue weighted by molar-refractivity contribution is 0.959. The first-order chi connectivity index (χ1) is 8.66. The highest BCUT2D eigenvalue weighted by Crippen LogP contribution is 2.17. The number of anilines is 1. The van der Waals surface area contributed by atoms with Crippen molar-refractivity contribution < 1.29 is 0 Å². The van der Waals surface area contributed by atoms with E-state index in [1.54, 1.807) is 25.3 Å². The molecule has 0 atom stereocenters. The lowest BCUT2D eigenvalue weighted by atomic mass is 10.3. The van der Waals surface area contributed by atoms with Crippen LogP contribution in [0.2, 0.25) is 0 Å². The molecule has 0 aromatic carbocycles. The zero-order chi connectivity index (χ0) is 12.7. The number of aromatic amines is 1. The van der Waals surface area contributed by atoms with Crippen molar-refractivity contribution in [1.82, 2.24) is 24.3 Å². The van der Waals surface area contributed by atoms with Gasteiger partial charge in [0.05, 0.1) is 5.69 Å². The summed E-state index contributed by atoms with van der Waals surface area (Å²) in [5, 5.41) is 0. The van der Waals surface area contributed by atoms with Gasteiger partial charge in [0.2, 0.25) is 5.95 Å². The number of imidazole rings is 1. The van der Waals surface area contributed by atoms with Crippen LogP contribution in [0.25, 0.3) is 17.2 Å². The minimum Gasteiger partial charge on any atom is -0.369 e. The first-order valence-electron chi connectivity index (χ1n) is 5.33. The lowest BCUT2D eigenvalue weighted by Gasteiger charge is -1.99. The molecule has 0 radical (unpaired) electrons. The third-order valence-corrected chi connectivity index (χ3v) is 2.58. The summed E-state index contributed by atoms with van der Waals surface area (Å²) in [6, 6.07) is 5.41. The number of nitrogen functional groups attached to an aromatic ring is 1. The Bertz CT molecular complexity index is 773. The molecule has 3 heterocycles. The Morgan fingerprint density at radius 2 is 2.17 bits per heavy atom. The van der Waals surface area contributed by atoms with Crippen LogP contribution >= 0.6 is 0 Å². The Morgan fingerprint density at radius 1 is 1.33 bits per heavy atom. The quantitative estimate of drug-likeness (QED) is 0.641. The van der Waals surface area contributed by atoms with E-state index in [9.17, 15) is 4.79 Å². The molecule has 7 heteroatoms. The van der Waals surface area contributed by atoms with Gasteiger partial charge in [-0.2, -0.15) is 4.98 Å². The van der Waals surface area contributed by atoms with Gasteiger partial charge in [-0.05, 0) is 19.1 Å². The Hall–Kier alpha value is -2.70. The Balaban J connectivity index is 2.42. The first-order valence-corrected chi connectivity index (χ1v) is 5.33. The van der Waals surface area contributed by atoms with E-state index in [0.717, 1.165) is 0 Å². The highest BCUT2D eigenvalue weighted by atomic mass is 16.1. The van der Waals surface area contributed by atoms with E-state index < -0.39 is 0 Å². The number of H-pyrrole nitrogens is 1.